The van der Waals surface area contributed by atoms with E-state index in [1.807, 2.05) is 39.0 Å². The standard InChI is InChI=1S/C11H16BrNO/c1-8-4-5-9(12)6-10(8)14-11(2,3)7-13/h4-6H,7,13H2,1-3H3. The number of ether oxygens (including phenoxy) is 1. The van der Waals surface area contributed by atoms with Crippen LogP contribution in [0, 0.1) is 6.92 Å². The van der Waals surface area contributed by atoms with Gasteiger partial charge in [0.25, 0.3) is 0 Å². The number of halogens is 1. The Hall–Kier alpha value is -0.540. The molecule has 1 aromatic carbocycles. The summed E-state index contributed by atoms with van der Waals surface area (Å²) < 4.78 is 6.83. The third-order valence-electron chi connectivity index (χ3n) is 2.03. The van der Waals surface area contributed by atoms with Crippen LogP contribution < -0.4 is 10.5 Å². The van der Waals surface area contributed by atoms with Gasteiger partial charge in [0.2, 0.25) is 0 Å². The highest BCUT2D eigenvalue weighted by Crippen LogP contribution is 2.26. The molecule has 1 aromatic rings. The van der Waals surface area contributed by atoms with Crippen molar-refractivity contribution in [2.24, 2.45) is 5.73 Å². The van der Waals surface area contributed by atoms with Crippen LogP contribution in [0.15, 0.2) is 22.7 Å². The van der Waals surface area contributed by atoms with E-state index in [0.717, 1.165) is 15.8 Å². The minimum absolute atomic E-state index is 0.314. The van der Waals surface area contributed by atoms with Gasteiger partial charge in [-0.15, -0.1) is 0 Å². The fraction of sp³-hybridized carbons (Fsp3) is 0.455. The van der Waals surface area contributed by atoms with Gasteiger partial charge in [-0.2, -0.15) is 0 Å². The molecule has 0 aliphatic carbocycles. The lowest BCUT2D eigenvalue weighted by Gasteiger charge is -2.25. The van der Waals surface area contributed by atoms with Crippen LogP contribution in [0.4, 0.5) is 0 Å². The van der Waals surface area contributed by atoms with E-state index in [4.69, 9.17) is 10.5 Å². The summed E-state index contributed by atoms with van der Waals surface area (Å²) >= 11 is 3.41. The molecular formula is C11H16BrNO. The average Bonchev–Trinajstić information content (AvgIpc) is 2.11. The first kappa shape index (κ1) is 11.5. The van der Waals surface area contributed by atoms with Crippen molar-refractivity contribution in [2.75, 3.05) is 6.54 Å². The molecule has 0 atom stereocenters. The molecule has 3 heteroatoms. The van der Waals surface area contributed by atoms with Gasteiger partial charge in [0.1, 0.15) is 11.4 Å². The number of hydrogen-bond acceptors (Lipinski definition) is 2. The summed E-state index contributed by atoms with van der Waals surface area (Å²) in [5, 5.41) is 0. The third kappa shape index (κ3) is 3.00. The van der Waals surface area contributed by atoms with Crippen LogP contribution in [0.25, 0.3) is 0 Å². The van der Waals surface area contributed by atoms with Crippen LogP contribution in [0.3, 0.4) is 0 Å². The molecule has 0 saturated heterocycles. The fourth-order valence-corrected chi connectivity index (χ4v) is 1.36. The van der Waals surface area contributed by atoms with E-state index < -0.39 is 0 Å². The molecule has 78 valence electrons. The van der Waals surface area contributed by atoms with E-state index in [1.165, 1.54) is 0 Å². The summed E-state index contributed by atoms with van der Waals surface area (Å²) in [5.74, 6) is 0.884. The predicted octanol–water partition coefficient (Wildman–Crippen LogP) is 2.87. The molecule has 0 saturated carbocycles. The Morgan fingerprint density at radius 3 is 2.64 bits per heavy atom. The molecule has 0 amide bonds. The van der Waals surface area contributed by atoms with E-state index >= 15 is 0 Å². The van der Waals surface area contributed by atoms with Crippen LogP contribution >= 0.6 is 15.9 Å². The van der Waals surface area contributed by atoms with Gasteiger partial charge in [0, 0.05) is 11.0 Å². The maximum Gasteiger partial charge on any atom is 0.124 e. The molecule has 1 rings (SSSR count). The van der Waals surface area contributed by atoms with Gasteiger partial charge >= 0.3 is 0 Å². The Kier molecular flexibility index (Phi) is 3.56. The van der Waals surface area contributed by atoms with Crippen LogP contribution in [-0.2, 0) is 0 Å². The predicted molar refractivity (Wildman–Crippen MR) is 62.6 cm³/mol. The maximum atomic E-state index is 5.81. The van der Waals surface area contributed by atoms with Gasteiger partial charge in [-0.3, -0.25) is 0 Å². The molecule has 0 fully saturated rings. The number of nitrogens with two attached hydrogens (primary N) is 1. The largest absolute Gasteiger partial charge is 0.486 e. The van der Waals surface area contributed by atoms with E-state index in [0.29, 0.717) is 6.54 Å². The molecule has 14 heavy (non-hydrogen) atoms. The maximum absolute atomic E-state index is 5.81. The molecule has 2 N–H and O–H groups in total. The highest BCUT2D eigenvalue weighted by atomic mass is 79.9. The summed E-state index contributed by atoms with van der Waals surface area (Å²) in [5.41, 5.74) is 6.41. The van der Waals surface area contributed by atoms with Crippen molar-refractivity contribution >= 4 is 15.9 Å². The lowest BCUT2D eigenvalue weighted by atomic mass is 10.1. The molecule has 0 spiro atoms. The number of benzene rings is 1. The van der Waals surface area contributed by atoms with Crippen molar-refractivity contribution in [3.05, 3.63) is 28.2 Å². The molecule has 0 unspecified atom stereocenters. The van der Waals surface area contributed by atoms with Crippen molar-refractivity contribution < 1.29 is 4.74 Å². The lowest BCUT2D eigenvalue weighted by Crippen LogP contribution is -2.37. The zero-order chi connectivity index (χ0) is 10.8. The topological polar surface area (TPSA) is 35.2 Å². The molecule has 0 aromatic heterocycles. The van der Waals surface area contributed by atoms with Gasteiger partial charge in [0.15, 0.2) is 0 Å². The smallest absolute Gasteiger partial charge is 0.124 e. The molecule has 2 nitrogen and oxygen atoms in total. The third-order valence-corrected chi connectivity index (χ3v) is 2.52. The van der Waals surface area contributed by atoms with Crippen molar-refractivity contribution in [2.45, 2.75) is 26.4 Å². The van der Waals surface area contributed by atoms with Gasteiger partial charge in [0.05, 0.1) is 0 Å². The minimum atomic E-state index is -0.314. The first-order chi connectivity index (χ1) is 6.44. The number of aryl methyl sites for hydroxylation is 1. The first-order valence-electron chi connectivity index (χ1n) is 4.60. The Bertz CT molecular complexity index is 323. The SMILES string of the molecule is Cc1ccc(Br)cc1OC(C)(C)CN. The number of rotatable bonds is 3. The zero-order valence-corrected chi connectivity index (χ0v) is 10.4. The molecule has 0 bridgehead atoms. The Morgan fingerprint density at radius 2 is 2.07 bits per heavy atom. The van der Waals surface area contributed by atoms with Gasteiger partial charge in [-0.1, -0.05) is 22.0 Å². The highest BCUT2D eigenvalue weighted by molar-refractivity contribution is 9.10. The fourth-order valence-electron chi connectivity index (χ4n) is 1.02. The minimum Gasteiger partial charge on any atom is -0.486 e. The van der Waals surface area contributed by atoms with Crippen molar-refractivity contribution in [3.63, 3.8) is 0 Å². The summed E-state index contributed by atoms with van der Waals surface area (Å²) in [6, 6.07) is 5.98. The molecular weight excluding hydrogens is 242 g/mol. The van der Waals surface area contributed by atoms with Crippen molar-refractivity contribution in [1.82, 2.24) is 0 Å². The number of hydrogen-bond donors (Lipinski definition) is 1. The van der Waals surface area contributed by atoms with Crippen LogP contribution in [0.2, 0.25) is 0 Å². The summed E-state index contributed by atoms with van der Waals surface area (Å²) in [6.07, 6.45) is 0. The molecule has 0 aliphatic heterocycles. The van der Waals surface area contributed by atoms with E-state index in [-0.39, 0.29) is 5.60 Å². The quantitative estimate of drug-likeness (QED) is 0.904. The second kappa shape index (κ2) is 4.32. The van der Waals surface area contributed by atoms with Crippen molar-refractivity contribution in [1.29, 1.82) is 0 Å². The van der Waals surface area contributed by atoms with E-state index in [9.17, 15) is 0 Å². The zero-order valence-electron chi connectivity index (χ0n) is 8.80. The van der Waals surface area contributed by atoms with Crippen LogP contribution in [0.1, 0.15) is 19.4 Å². The Labute approximate surface area is 93.6 Å². The van der Waals surface area contributed by atoms with Gasteiger partial charge in [-0.05, 0) is 38.5 Å². The monoisotopic (exact) mass is 257 g/mol. The summed E-state index contributed by atoms with van der Waals surface area (Å²) in [4.78, 5) is 0. The molecule has 0 heterocycles. The average molecular weight is 258 g/mol. The lowest BCUT2D eigenvalue weighted by molar-refractivity contribution is 0.117. The van der Waals surface area contributed by atoms with Gasteiger partial charge < -0.3 is 10.5 Å². The molecule has 0 aliphatic rings. The molecule has 0 radical (unpaired) electrons. The van der Waals surface area contributed by atoms with E-state index in [1.54, 1.807) is 0 Å². The second-order valence-corrected chi connectivity index (χ2v) is 4.89. The van der Waals surface area contributed by atoms with E-state index in [2.05, 4.69) is 15.9 Å². The second-order valence-electron chi connectivity index (χ2n) is 3.98. The summed E-state index contributed by atoms with van der Waals surface area (Å²) in [7, 11) is 0. The Balaban J connectivity index is 2.91. The normalized spacial score (nSPS) is 11.5. The highest BCUT2D eigenvalue weighted by Gasteiger charge is 2.18. The first-order valence-corrected chi connectivity index (χ1v) is 5.39. The van der Waals surface area contributed by atoms with Crippen LogP contribution in [0.5, 0.6) is 5.75 Å². The summed E-state index contributed by atoms with van der Waals surface area (Å²) in [6.45, 7) is 6.48. The van der Waals surface area contributed by atoms with Crippen molar-refractivity contribution in [3.8, 4) is 5.75 Å². The van der Waals surface area contributed by atoms with Gasteiger partial charge in [-0.25, -0.2) is 0 Å². The van der Waals surface area contributed by atoms with Crippen LogP contribution in [-0.4, -0.2) is 12.1 Å². The Morgan fingerprint density at radius 1 is 1.43 bits per heavy atom.